The van der Waals surface area contributed by atoms with Gasteiger partial charge in [-0.3, -0.25) is 0 Å². The maximum Gasteiger partial charge on any atom is 0.393 e. The third-order valence-corrected chi connectivity index (χ3v) is 3.16. The molecule has 20 heavy (non-hydrogen) atoms. The Labute approximate surface area is 114 Å². The van der Waals surface area contributed by atoms with Gasteiger partial charge in [-0.15, -0.1) is 0 Å². The first-order valence-electron chi connectivity index (χ1n) is 6.00. The number of benzene rings is 1. The van der Waals surface area contributed by atoms with E-state index < -0.39 is 23.8 Å². The average molecular weight is 287 g/mol. The summed E-state index contributed by atoms with van der Waals surface area (Å²) in [7, 11) is 3.03. The van der Waals surface area contributed by atoms with E-state index in [-0.39, 0.29) is 12.0 Å². The van der Waals surface area contributed by atoms with Gasteiger partial charge in [0.15, 0.2) is 0 Å². The topological polar surface area (TPSA) is 21.3 Å². The molecule has 0 radical (unpaired) electrons. The highest BCUT2D eigenvalue weighted by Gasteiger charge is 2.55. The molecule has 0 saturated heterocycles. The van der Waals surface area contributed by atoms with Crippen molar-refractivity contribution in [2.75, 3.05) is 19.5 Å². The molecule has 2 rings (SSSR count). The molecule has 108 valence electrons. The minimum atomic E-state index is -4.22. The molecule has 1 saturated carbocycles. The van der Waals surface area contributed by atoms with Crippen molar-refractivity contribution >= 4 is 5.69 Å². The predicted octanol–water partition coefficient (Wildman–Crippen LogP) is 3.43. The minimum Gasteiger partial charge on any atom is -0.495 e. The Bertz CT molecular complexity index is 571. The van der Waals surface area contributed by atoms with Gasteiger partial charge in [0.25, 0.3) is 0 Å². The van der Waals surface area contributed by atoms with Crippen molar-refractivity contribution in [3.8, 4) is 17.6 Å². The van der Waals surface area contributed by atoms with Crippen LogP contribution in [0.2, 0.25) is 0 Å². The van der Waals surface area contributed by atoms with Gasteiger partial charge in [-0.25, -0.2) is 4.39 Å². The van der Waals surface area contributed by atoms with Crippen LogP contribution in [0, 0.1) is 29.5 Å². The monoisotopic (exact) mass is 287 g/mol. The standard InChI is InChI=1S/C14H13F4NO/c1-19-12-7-11(15)9(6-13(12)20-2)4-3-8-5-10(8)14(16,17)18/h6-8,10,19H,5H2,1-2H3. The lowest BCUT2D eigenvalue weighted by atomic mass is 10.1. The second-order valence-corrected chi connectivity index (χ2v) is 4.54. The molecule has 6 heteroatoms. The molecule has 0 amide bonds. The van der Waals surface area contributed by atoms with E-state index in [1.54, 1.807) is 7.05 Å². The smallest absolute Gasteiger partial charge is 0.393 e. The molecular formula is C14H13F4NO. The Kier molecular flexibility index (Phi) is 3.80. The van der Waals surface area contributed by atoms with E-state index in [1.807, 2.05) is 0 Å². The van der Waals surface area contributed by atoms with Gasteiger partial charge in [0.2, 0.25) is 0 Å². The number of hydrogen-bond donors (Lipinski definition) is 1. The van der Waals surface area contributed by atoms with Crippen molar-refractivity contribution < 1.29 is 22.3 Å². The Morgan fingerprint density at radius 1 is 1.35 bits per heavy atom. The first-order chi connectivity index (χ1) is 9.36. The van der Waals surface area contributed by atoms with Crippen LogP contribution in [0.1, 0.15) is 12.0 Å². The van der Waals surface area contributed by atoms with E-state index in [9.17, 15) is 17.6 Å². The van der Waals surface area contributed by atoms with Crippen LogP contribution >= 0.6 is 0 Å². The van der Waals surface area contributed by atoms with E-state index in [0.717, 1.165) is 0 Å². The number of anilines is 1. The van der Waals surface area contributed by atoms with Gasteiger partial charge in [0, 0.05) is 25.1 Å². The number of nitrogens with one attached hydrogen (secondary N) is 1. The molecule has 1 fully saturated rings. The van der Waals surface area contributed by atoms with Crippen LogP contribution in [0.25, 0.3) is 0 Å². The summed E-state index contributed by atoms with van der Waals surface area (Å²) < 4.78 is 55.8. The molecule has 0 heterocycles. The second-order valence-electron chi connectivity index (χ2n) is 4.54. The molecule has 2 unspecified atom stereocenters. The Morgan fingerprint density at radius 2 is 2.05 bits per heavy atom. The van der Waals surface area contributed by atoms with E-state index in [2.05, 4.69) is 17.2 Å². The van der Waals surface area contributed by atoms with Gasteiger partial charge in [-0.2, -0.15) is 13.2 Å². The molecule has 1 aliphatic rings. The molecule has 1 aromatic carbocycles. The third kappa shape index (κ3) is 2.98. The number of rotatable bonds is 2. The van der Waals surface area contributed by atoms with Crippen LogP contribution in [0.5, 0.6) is 5.75 Å². The van der Waals surface area contributed by atoms with Gasteiger partial charge in [-0.05, 0) is 6.42 Å². The lowest BCUT2D eigenvalue weighted by Crippen LogP contribution is -2.11. The zero-order chi connectivity index (χ0) is 14.9. The summed E-state index contributed by atoms with van der Waals surface area (Å²) in [6, 6.07) is 2.58. The van der Waals surface area contributed by atoms with Crippen molar-refractivity contribution in [3.63, 3.8) is 0 Å². The quantitative estimate of drug-likeness (QED) is 0.664. The summed E-state index contributed by atoms with van der Waals surface area (Å²) in [5.74, 6) is 2.63. The van der Waals surface area contributed by atoms with Crippen LogP contribution in [0.4, 0.5) is 23.2 Å². The van der Waals surface area contributed by atoms with Crippen LogP contribution < -0.4 is 10.1 Å². The molecule has 1 aromatic rings. The Balaban J connectivity index is 2.20. The highest BCUT2D eigenvalue weighted by atomic mass is 19.4. The molecule has 0 spiro atoms. The number of hydrogen-bond acceptors (Lipinski definition) is 2. The Hall–Kier alpha value is -1.90. The molecule has 0 bridgehead atoms. The number of alkyl halides is 3. The number of halogens is 4. The number of methoxy groups -OCH3 is 1. The van der Waals surface area contributed by atoms with Gasteiger partial charge in [-0.1, -0.05) is 11.8 Å². The first kappa shape index (κ1) is 14.5. The fourth-order valence-electron chi connectivity index (χ4n) is 1.90. The molecule has 2 atom stereocenters. The van der Waals surface area contributed by atoms with E-state index >= 15 is 0 Å². The zero-order valence-electron chi connectivity index (χ0n) is 10.9. The lowest BCUT2D eigenvalue weighted by Gasteiger charge is -2.08. The molecule has 0 aromatic heterocycles. The molecule has 0 aliphatic heterocycles. The lowest BCUT2D eigenvalue weighted by molar-refractivity contribution is -0.149. The summed E-state index contributed by atoms with van der Waals surface area (Å²) in [6.07, 6.45) is -4.23. The summed E-state index contributed by atoms with van der Waals surface area (Å²) in [4.78, 5) is 0. The van der Waals surface area contributed by atoms with Crippen molar-refractivity contribution in [1.82, 2.24) is 0 Å². The van der Waals surface area contributed by atoms with E-state index in [4.69, 9.17) is 4.74 Å². The van der Waals surface area contributed by atoms with Gasteiger partial charge >= 0.3 is 6.18 Å². The molecule has 1 aliphatic carbocycles. The summed E-state index contributed by atoms with van der Waals surface area (Å²) >= 11 is 0. The van der Waals surface area contributed by atoms with Crippen molar-refractivity contribution in [2.24, 2.45) is 11.8 Å². The number of ether oxygens (including phenoxy) is 1. The van der Waals surface area contributed by atoms with Crippen LogP contribution in [-0.2, 0) is 0 Å². The van der Waals surface area contributed by atoms with Crippen molar-refractivity contribution in [2.45, 2.75) is 12.6 Å². The van der Waals surface area contributed by atoms with Gasteiger partial charge < -0.3 is 10.1 Å². The highest BCUT2D eigenvalue weighted by Crippen LogP contribution is 2.49. The maximum absolute atomic E-state index is 13.7. The minimum absolute atomic E-state index is 0.0101. The largest absolute Gasteiger partial charge is 0.495 e. The molecule has 2 nitrogen and oxygen atoms in total. The van der Waals surface area contributed by atoms with Crippen LogP contribution in [0.15, 0.2) is 12.1 Å². The molecular weight excluding hydrogens is 274 g/mol. The highest BCUT2D eigenvalue weighted by molar-refractivity contribution is 5.60. The summed E-state index contributed by atoms with van der Waals surface area (Å²) in [5.41, 5.74) is 0.490. The Morgan fingerprint density at radius 3 is 2.55 bits per heavy atom. The second kappa shape index (κ2) is 5.23. The maximum atomic E-state index is 13.7. The zero-order valence-corrected chi connectivity index (χ0v) is 10.9. The van der Waals surface area contributed by atoms with Crippen LogP contribution in [0.3, 0.4) is 0 Å². The fraction of sp³-hybridized carbons (Fsp3) is 0.429. The predicted molar refractivity (Wildman–Crippen MR) is 67.0 cm³/mol. The van der Waals surface area contributed by atoms with Gasteiger partial charge in [0.05, 0.1) is 24.3 Å². The normalized spacial score (nSPS) is 20.9. The van der Waals surface area contributed by atoms with Crippen molar-refractivity contribution in [1.29, 1.82) is 0 Å². The van der Waals surface area contributed by atoms with Crippen LogP contribution in [-0.4, -0.2) is 20.3 Å². The summed E-state index contributed by atoms with van der Waals surface area (Å²) in [6.45, 7) is 0. The third-order valence-electron chi connectivity index (χ3n) is 3.16. The van der Waals surface area contributed by atoms with Gasteiger partial charge in [0.1, 0.15) is 11.6 Å². The fourth-order valence-corrected chi connectivity index (χ4v) is 1.90. The summed E-state index contributed by atoms with van der Waals surface area (Å²) in [5, 5.41) is 2.76. The molecule has 1 N–H and O–H groups in total. The average Bonchev–Trinajstić information content (AvgIpc) is 3.16. The first-order valence-corrected chi connectivity index (χ1v) is 6.00. The van der Waals surface area contributed by atoms with E-state index in [1.165, 1.54) is 19.2 Å². The SMILES string of the molecule is CNc1cc(F)c(C#CC2CC2C(F)(F)F)cc1OC. The van der Waals surface area contributed by atoms with E-state index in [0.29, 0.717) is 11.4 Å². The van der Waals surface area contributed by atoms with Crippen molar-refractivity contribution in [3.05, 3.63) is 23.5 Å².